The summed E-state index contributed by atoms with van der Waals surface area (Å²) >= 11 is 0. The molecule has 2 fully saturated rings. The van der Waals surface area contributed by atoms with Crippen LogP contribution >= 0.6 is 0 Å². The van der Waals surface area contributed by atoms with E-state index < -0.39 is 5.54 Å². The van der Waals surface area contributed by atoms with Crippen molar-refractivity contribution >= 4 is 11.8 Å². The number of aromatic amines is 1. The number of imidazole rings is 1. The van der Waals surface area contributed by atoms with E-state index in [-0.39, 0.29) is 23.5 Å². The number of hydrogen-bond donors (Lipinski definition) is 1. The molecule has 1 aliphatic carbocycles. The highest BCUT2D eigenvalue weighted by atomic mass is 19.1. The Hall–Kier alpha value is -2.70. The molecule has 3 aliphatic rings. The molecule has 29 heavy (non-hydrogen) atoms. The van der Waals surface area contributed by atoms with Crippen molar-refractivity contribution in [2.75, 3.05) is 19.6 Å². The number of nitrogens with one attached hydrogen (secondary N) is 1. The lowest BCUT2D eigenvalue weighted by Crippen LogP contribution is -2.59. The van der Waals surface area contributed by atoms with Crippen LogP contribution < -0.4 is 0 Å². The molecule has 1 aromatic heterocycles. The summed E-state index contributed by atoms with van der Waals surface area (Å²) in [5.74, 6) is -0.127. The molecule has 0 radical (unpaired) electrons. The Morgan fingerprint density at radius 2 is 1.97 bits per heavy atom. The predicted octanol–water partition coefficient (Wildman–Crippen LogP) is 2.78. The third-order valence-electron chi connectivity index (χ3n) is 6.75. The Labute approximate surface area is 169 Å². The van der Waals surface area contributed by atoms with E-state index in [1.54, 1.807) is 30.3 Å². The summed E-state index contributed by atoms with van der Waals surface area (Å²) in [5, 5.41) is 0. The van der Waals surface area contributed by atoms with Gasteiger partial charge in [-0.1, -0.05) is 6.07 Å². The van der Waals surface area contributed by atoms with Crippen LogP contribution in [0, 0.1) is 18.7 Å². The number of likely N-dealkylation sites (tertiary alicyclic amines) is 1. The van der Waals surface area contributed by atoms with Crippen LogP contribution in [-0.2, 0) is 16.8 Å². The van der Waals surface area contributed by atoms with Crippen LogP contribution in [0.4, 0.5) is 4.39 Å². The number of fused-ring (bicyclic) bond motifs is 2. The number of carbonyl (C=O) groups excluding carboxylic acids is 2. The van der Waals surface area contributed by atoms with Gasteiger partial charge in [-0.2, -0.15) is 0 Å². The van der Waals surface area contributed by atoms with Crippen LogP contribution in [0.2, 0.25) is 0 Å². The molecule has 2 amide bonds. The minimum atomic E-state index is -0.442. The lowest BCUT2D eigenvalue weighted by atomic mass is 9.78. The molecular formula is C22H25FN4O2. The van der Waals surface area contributed by atoms with Crippen LogP contribution in [0.3, 0.4) is 0 Å². The second kappa shape index (κ2) is 6.68. The molecule has 2 aliphatic heterocycles. The van der Waals surface area contributed by atoms with Gasteiger partial charge in [0.15, 0.2) is 0 Å². The molecule has 6 nitrogen and oxygen atoms in total. The highest BCUT2D eigenvalue weighted by molar-refractivity contribution is 5.94. The minimum absolute atomic E-state index is 0.155. The number of nitrogens with zero attached hydrogens (tertiary/aromatic N) is 3. The number of carbonyl (C=O) groups is 2. The Balaban J connectivity index is 1.40. The predicted molar refractivity (Wildman–Crippen MR) is 105 cm³/mol. The zero-order valence-electron chi connectivity index (χ0n) is 16.6. The van der Waals surface area contributed by atoms with E-state index in [0.29, 0.717) is 43.6 Å². The molecule has 1 spiro atoms. The van der Waals surface area contributed by atoms with Crippen LogP contribution in [0.25, 0.3) is 0 Å². The van der Waals surface area contributed by atoms with Gasteiger partial charge in [-0.15, -0.1) is 0 Å². The van der Waals surface area contributed by atoms with Crippen molar-refractivity contribution in [1.82, 2.24) is 19.8 Å². The largest absolute Gasteiger partial charge is 0.348 e. The minimum Gasteiger partial charge on any atom is -0.348 e. The molecule has 3 heterocycles. The topological polar surface area (TPSA) is 69.3 Å². The number of H-pyrrole nitrogens is 1. The van der Waals surface area contributed by atoms with Crippen LogP contribution in [0.5, 0.6) is 0 Å². The van der Waals surface area contributed by atoms with Gasteiger partial charge in [0.2, 0.25) is 5.91 Å². The Morgan fingerprint density at radius 1 is 1.21 bits per heavy atom. The average molecular weight is 396 g/mol. The molecule has 0 unspecified atom stereocenters. The first-order chi connectivity index (χ1) is 14.0. The number of piperidine rings is 1. The first-order valence-electron chi connectivity index (χ1n) is 10.4. The highest BCUT2D eigenvalue weighted by Gasteiger charge is 2.51. The molecule has 2 aromatic rings. The van der Waals surface area contributed by atoms with Gasteiger partial charge in [-0.3, -0.25) is 9.59 Å². The van der Waals surface area contributed by atoms with Gasteiger partial charge in [-0.05, 0) is 50.3 Å². The fourth-order valence-corrected chi connectivity index (χ4v) is 4.84. The number of amides is 2. The molecule has 0 bridgehead atoms. The first-order valence-corrected chi connectivity index (χ1v) is 10.4. The van der Waals surface area contributed by atoms with E-state index in [0.717, 1.165) is 30.7 Å². The molecule has 1 N–H and O–H groups in total. The summed E-state index contributed by atoms with van der Waals surface area (Å²) in [6.45, 7) is 3.43. The SMILES string of the molecule is Cc1ccc(C(=O)N2CCC3(CC2)c2nc[nH]c2CCN3C(=O)C2CC2)cc1F. The van der Waals surface area contributed by atoms with E-state index in [1.807, 2.05) is 4.90 Å². The molecule has 1 saturated carbocycles. The summed E-state index contributed by atoms with van der Waals surface area (Å²) in [4.78, 5) is 37.6. The maximum atomic E-state index is 13.9. The average Bonchev–Trinajstić information content (AvgIpc) is 3.47. The van der Waals surface area contributed by atoms with Gasteiger partial charge in [0.1, 0.15) is 5.82 Å². The third kappa shape index (κ3) is 2.94. The third-order valence-corrected chi connectivity index (χ3v) is 6.75. The van der Waals surface area contributed by atoms with Crippen molar-refractivity contribution in [3.63, 3.8) is 0 Å². The van der Waals surface area contributed by atoms with Gasteiger partial charge in [0.05, 0.1) is 17.6 Å². The number of rotatable bonds is 2. The van der Waals surface area contributed by atoms with Crippen LogP contribution in [0.15, 0.2) is 24.5 Å². The number of halogens is 1. The zero-order chi connectivity index (χ0) is 20.2. The molecule has 1 saturated heterocycles. The van der Waals surface area contributed by atoms with E-state index >= 15 is 0 Å². The Morgan fingerprint density at radius 3 is 2.66 bits per heavy atom. The van der Waals surface area contributed by atoms with Crippen molar-refractivity contribution in [2.24, 2.45) is 5.92 Å². The van der Waals surface area contributed by atoms with E-state index in [2.05, 4.69) is 9.97 Å². The monoisotopic (exact) mass is 396 g/mol. The van der Waals surface area contributed by atoms with Crippen molar-refractivity contribution in [1.29, 1.82) is 0 Å². The van der Waals surface area contributed by atoms with Gasteiger partial charge < -0.3 is 14.8 Å². The van der Waals surface area contributed by atoms with Gasteiger partial charge >= 0.3 is 0 Å². The summed E-state index contributed by atoms with van der Waals surface area (Å²) in [6, 6.07) is 4.64. The summed E-state index contributed by atoms with van der Waals surface area (Å²) in [5.41, 5.74) is 2.53. The van der Waals surface area contributed by atoms with Gasteiger partial charge in [0.25, 0.3) is 5.91 Å². The zero-order valence-corrected chi connectivity index (χ0v) is 16.6. The number of hydrogen-bond acceptors (Lipinski definition) is 3. The van der Waals surface area contributed by atoms with Crippen molar-refractivity contribution in [3.8, 4) is 0 Å². The van der Waals surface area contributed by atoms with Crippen molar-refractivity contribution in [3.05, 3.63) is 52.9 Å². The van der Waals surface area contributed by atoms with Crippen LogP contribution in [-0.4, -0.2) is 51.2 Å². The van der Waals surface area contributed by atoms with Crippen molar-refractivity contribution < 1.29 is 14.0 Å². The smallest absolute Gasteiger partial charge is 0.253 e. The standard InChI is InChI=1S/C22H25FN4O2/c1-14-2-3-16(12-17(14)23)20(28)26-10-7-22(8-11-26)19-18(24-13-25-19)6-9-27(22)21(29)15-4-5-15/h2-3,12-13,15H,4-11H2,1H3,(H,24,25). The van der Waals surface area contributed by atoms with Crippen LogP contribution in [0.1, 0.15) is 53.0 Å². The van der Waals surface area contributed by atoms with E-state index in [1.165, 1.54) is 6.07 Å². The Kier molecular flexibility index (Phi) is 4.22. The second-order valence-electron chi connectivity index (χ2n) is 8.53. The molecule has 7 heteroatoms. The van der Waals surface area contributed by atoms with E-state index in [9.17, 15) is 14.0 Å². The molecule has 0 atom stereocenters. The fourth-order valence-electron chi connectivity index (χ4n) is 4.84. The van der Waals surface area contributed by atoms with Crippen molar-refractivity contribution in [2.45, 2.75) is 44.6 Å². The maximum absolute atomic E-state index is 13.9. The number of benzene rings is 1. The molecule has 5 rings (SSSR count). The molecule has 152 valence electrons. The quantitative estimate of drug-likeness (QED) is 0.849. The number of aryl methyl sites for hydroxylation is 1. The van der Waals surface area contributed by atoms with Gasteiger partial charge in [-0.25, -0.2) is 9.37 Å². The summed E-state index contributed by atoms with van der Waals surface area (Å²) in [7, 11) is 0. The lowest BCUT2D eigenvalue weighted by molar-refractivity contribution is -0.143. The fraction of sp³-hybridized carbons (Fsp3) is 0.500. The summed E-state index contributed by atoms with van der Waals surface area (Å²) < 4.78 is 13.9. The first kappa shape index (κ1) is 18.3. The van der Waals surface area contributed by atoms with E-state index in [4.69, 9.17) is 0 Å². The highest BCUT2D eigenvalue weighted by Crippen LogP contribution is 2.45. The summed E-state index contributed by atoms with van der Waals surface area (Å²) in [6.07, 6.45) is 5.77. The number of aromatic nitrogens is 2. The lowest BCUT2D eigenvalue weighted by Gasteiger charge is -2.50. The Bertz CT molecular complexity index is 973. The molecule has 1 aromatic carbocycles. The normalized spacial score (nSPS) is 20.6. The van der Waals surface area contributed by atoms with Gasteiger partial charge in [0, 0.05) is 43.2 Å². The molecular weight excluding hydrogens is 371 g/mol. The second-order valence-corrected chi connectivity index (χ2v) is 8.53. The maximum Gasteiger partial charge on any atom is 0.253 e.